The van der Waals surface area contributed by atoms with E-state index in [4.69, 9.17) is 0 Å². The molecular formula is C35H27BrN2O5. The third-order valence-corrected chi connectivity index (χ3v) is 9.69. The minimum absolute atomic E-state index is 0.0524. The van der Waals surface area contributed by atoms with Crippen molar-refractivity contribution in [3.05, 3.63) is 117 Å². The van der Waals surface area contributed by atoms with E-state index in [9.17, 15) is 24.3 Å². The van der Waals surface area contributed by atoms with Crippen LogP contribution >= 0.6 is 15.9 Å². The monoisotopic (exact) mass is 634 g/mol. The van der Waals surface area contributed by atoms with Crippen molar-refractivity contribution >= 4 is 56.4 Å². The van der Waals surface area contributed by atoms with Gasteiger partial charge in [0.25, 0.3) is 0 Å². The molecule has 3 aliphatic carbocycles. The van der Waals surface area contributed by atoms with Crippen LogP contribution in [0.3, 0.4) is 0 Å². The van der Waals surface area contributed by atoms with Crippen molar-refractivity contribution in [2.45, 2.75) is 25.7 Å². The van der Waals surface area contributed by atoms with Gasteiger partial charge in [-0.3, -0.25) is 24.1 Å². The van der Waals surface area contributed by atoms with Gasteiger partial charge in [0.05, 0.1) is 22.0 Å². The molecule has 4 atom stereocenters. The van der Waals surface area contributed by atoms with Crippen molar-refractivity contribution in [1.29, 1.82) is 0 Å². The molecule has 7 rings (SSSR count). The summed E-state index contributed by atoms with van der Waals surface area (Å²) in [6.45, 7) is 1.78. The van der Waals surface area contributed by atoms with Crippen LogP contribution in [-0.4, -0.2) is 28.5 Å². The number of aryl methyl sites for hydroxylation is 1. The average molecular weight is 636 g/mol. The number of Topliss-reactive ketones (excluding diaryl/α,β-unsaturated/α-hetero) is 1. The molecule has 0 bridgehead atoms. The van der Waals surface area contributed by atoms with Crippen molar-refractivity contribution in [2.24, 2.45) is 17.8 Å². The Labute approximate surface area is 256 Å². The predicted molar refractivity (Wildman–Crippen MR) is 166 cm³/mol. The number of nitrogens with zero attached hydrogens (tertiary/aromatic N) is 1. The van der Waals surface area contributed by atoms with E-state index in [1.165, 1.54) is 11.0 Å². The molecule has 1 fully saturated rings. The number of carbonyl (C=O) groups excluding carboxylic acids is 4. The maximum absolute atomic E-state index is 14.1. The van der Waals surface area contributed by atoms with Gasteiger partial charge in [-0.25, -0.2) is 0 Å². The van der Waals surface area contributed by atoms with Gasteiger partial charge in [0, 0.05) is 40.1 Å². The zero-order valence-electron chi connectivity index (χ0n) is 23.2. The molecule has 7 nitrogen and oxygen atoms in total. The molecular weight excluding hydrogens is 608 g/mol. The lowest BCUT2D eigenvalue weighted by molar-refractivity contribution is -0.123. The molecule has 3 aromatic rings. The Bertz CT molecular complexity index is 1820. The number of para-hydroxylation sites is 2. The van der Waals surface area contributed by atoms with E-state index in [2.05, 4.69) is 21.2 Å². The quantitative estimate of drug-likeness (QED) is 0.195. The number of aromatic hydroxyl groups is 1. The van der Waals surface area contributed by atoms with Crippen LogP contribution in [0.25, 0.3) is 0 Å². The van der Waals surface area contributed by atoms with E-state index in [0.29, 0.717) is 34.4 Å². The first kappa shape index (κ1) is 27.3. The Kier molecular flexibility index (Phi) is 6.54. The molecule has 1 aliphatic heterocycles. The molecule has 8 heteroatoms. The van der Waals surface area contributed by atoms with Crippen molar-refractivity contribution in [2.75, 3.05) is 10.2 Å². The summed E-state index contributed by atoms with van der Waals surface area (Å²) in [6, 6.07) is 22.2. The van der Waals surface area contributed by atoms with Crippen LogP contribution in [0.5, 0.6) is 5.75 Å². The summed E-state index contributed by atoms with van der Waals surface area (Å²) in [5.41, 5.74) is 4.87. The SMILES string of the molecule is Cc1cccc([C@H]2C3=CC[C@@H]4C(=O)N(c5ccc(Nc6ccccc6)cc5)C(=O)[C@@H]4[C@@H]3CC3=C2C(=O)C=C(Br)C3=O)c1O. The second-order valence-electron chi connectivity index (χ2n) is 11.5. The molecule has 214 valence electrons. The van der Waals surface area contributed by atoms with E-state index >= 15 is 0 Å². The number of rotatable bonds is 4. The van der Waals surface area contributed by atoms with Gasteiger partial charge >= 0.3 is 0 Å². The number of carbonyl (C=O) groups is 4. The molecule has 43 heavy (non-hydrogen) atoms. The summed E-state index contributed by atoms with van der Waals surface area (Å²) in [5.74, 6) is -3.56. The molecule has 0 unspecified atom stereocenters. The number of ketones is 2. The zero-order valence-corrected chi connectivity index (χ0v) is 24.8. The summed E-state index contributed by atoms with van der Waals surface area (Å²) < 4.78 is 0.169. The Balaban J connectivity index is 1.26. The molecule has 1 heterocycles. The van der Waals surface area contributed by atoms with Gasteiger partial charge in [-0.15, -0.1) is 0 Å². The number of benzene rings is 3. The highest BCUT2D eigenvalue weighted by atomic mass is 79.9. The molecule has 0 saturated carbocycles. The second-order valence-corrected chi connectivity index (χ2v) is 12.3. The van der Waals surface area contributed by atoms with Crippen LogP contribution in [0, 0.1) is 24.7 Å². The fourth-order valence-corrected chi connectivity index (χ4v) is 7.56. The fourth-order valence-electron chi connectivity index (χ4n) is 7.11. The lowest BCUT2D eigenvalue weighted by Crippen LogP contribution is -2.39. The van der Waals surface area contributed by atoms with Crippen molar-refractivity contribution < 1.29 is 24.3 Å². The van der Waals surface area contributed by atoms with Crippen LogP contribution in [0.2, 0.25) is 0 Å². The van der Waals surface area contributed by atoms with Gasteiger partial charge in [-0.2, -0.15) is 0 Å². The first-order valence-corrected chi connectivity index (χ1v) is 15.0. The fraction of sp³-hybridized carbons (Fsp3) is 0.200. The summed E-state index contributed by atoms with van der Waals surface area (Å²) in [4.78, 5) is 56.0. The number of imide groups is 1. The summed E-state index contributed by atoms with van der Waals surface area (Å²) in [7, 11) is 0. The number of amides is 2. The Morgan fingerprint density at radius 3 is 2.33 bits per heavy atom. The average Bonchev–Trinajstić information content (AvgIpc) is 3.27. The van der Waals surface area contributed by atoms with Gasteiger partial charge in [-0.05, 0) is 83.6 Å². The zero-order chi connectivity index (χ0) is 30.0. The van der Waals surface area contributed by atoms with E-state index in [1.807, 2.05) is 54.6 Å². The van der Waals surface area contributed by atoms with Crippen molar-refractivity contribution in [1.82, 2.24) is 0 Å². The van der Waals surface area contributed by atoms with E-state index in [-0.39, 0.29) is 40.0 Å². The normalized spacial score (nSPS) is 24.7. The maximum atomic E-state index is 14.1. The number of fused-ring (bicyclic) bond motifs is 3. The summed E-state index contributed by atoms with van der Waals surface area (Å²) >= 11 is 3.25. The number of hydrogen-bond acceptors (Lipinski definition) is 6. The van der Waals surface area contributed by atoms with Crippen molar-refractivity contribution in [3.8, 4) is 5.75 Å². The molecule has 0 spiro atoms. The van der Waals surface area contributed by atoms with Gasteiger partial charge in [-0.1, -0.05) is 48.0 Å². The number of phenolic OH excluding ortho intramolecular Hbond substituents is 1. The number of allylic oxidation sites excluding steroid dienone is 6. The summed E-state index contributed by atoms with van der Waals surface area (Å²) in [6.07, 6.45) is 3.74. The van der Waals surface area contributed by atoms with Gasteiger partial charge < -0.3 is 10.4 Å². The van der Waals surface area contributed by atoms with Crippen LogP contribution in [0.1, 0.15) is 29.9 Å². The van der Waals surface area contributed by atoms with E-state index in [1.54, 1.807) is 31.2 Å². The van der Waals surface area contributed by atoms with Gasteiger partial charge in [0.15, 0.2) is 11.6 Å². The van der Waals surface area contributed by atoms with Crippen molar-refractivity contribution in [3.63, 3.8) is 0 Å². The number of nitrogens with one attached hydrogen (secondary N) is 1. The molecule has 2 N–H and O–H groups in total. The maximum Gasteiger partial charge on any atom is 0.238 e. The number of hydrogen-bond donors (Lipinski definition) is 2. The third-order valence-electron chi connectivity index (χ3n) is 9.10. The van der Waals surface area contributed by atoms with Gasteiger partial charge in [0.1, 0.15) is 5.75 Å². The molecule has 0 radical (unpaired) electrons. The van der Waals surface area contributed by atoms with Crippen LogP contribution in [0.4, 0.5) is 17.1 Å². The topological polar surface area (TPSA) is 104 Å². The minimum Gasteiger partial charge on any atom is -0.507 e. The number of phenols is 1. The molecule has 2 amide bonds. The Hall–Kier alpha value is -4.56. The first-order chi connectivity index (χ1) is 20.7. The first-order valence-electron chi connectivity index (χ1n) is 14.2. The van der Waals surface area contributed by atoms with E-state index < -0.39 is 23.7 Å². The van der Waals surface area contributed by atoms with Crippen LogP contribution in [0.15, 0.2) is 106 Å². The largest absolute Gasteiger partial charge is 0.507 e. The van der Waals surface area contributed by atoms with Crippen LogP contribution < -0.4 is 10.2 Å². The highest BCUT2D eigenvalue weighted by molar-refractivity contribution is 9.12. The molecule has 0 aromatic heterocycles. The Morgan fingerprint density at radius 2 is 1.58 bits per heavy atom. The number of halogens is 1. The van der Waals surface area contributed by atoms with Crippen LogP contribution in [-0.2, 0) is 19.2 Å². The Morgan fingerprint density at radius 1 is 0.860 bits per heavy atom. The highest BCUT2D eigenvalue weighted by Gasteiger charge is 2.56. The van der Waals surface area contributed by atoms with Gasteiger partial charge in [0.2, 0.25) is 11.8 Å². The smallest absolute Gasteiger partial charge is 0.238 e. The predicted octanol–water partition coefficient (Wildman–Crippen LogP) is 6.41. The third kappa shape index (κ3) is 4.31. The minimum atomic E-state index is -0.691. The number of anilines is 3. The van der Waals surface area contributed by atoms with E-state index in [0.717, 1.165) is 16.9 Å². The second kappa shape index (κ2) is 10.3. The molecule has 1 saturated heterocycles. The lowest BCUT2D eigenvalue weighted by Gasteiger charge is -2.42. The highest BCUT2D eigenvalue weighted by Crippen LogP contribution is 2.56. The molecule has 4 aliphatic rings. The standard InChI is InChI=1S/C35H27BrN2O5/c1-18-6-5-9-23(32(18)40)29-22-14-15-24-30(25(22)16-26-31(29)28(39)17-27(36)33(26)41)35(43)38(34(24)42)21-12-10-20(11-13-21)37-19-7-3-2-4-8-19/h2-14,17,24-25,29-30,37,40H,15-16H2,1H3/t24-,25+,29+,30-/m0/s1. The lowest BCUT2D eigenvalue weighted by atomic mass is 9.59. The molecule has 3 aromatic carbocycles. The summed E-state index contributed by atoms with van der Waals surface area (Å²) in [5, 5.41) is 14.4.